The van der Waals surface area contributed by atoms with Gasteiger partial charge in [0.1, 0.15) is 5.82 Å². The fraction of sp³-hybridized carbons (Fsp3) is 0.750. The summed E-state index contributed by atoms with van der Waals surface area (Å²) in [5.74, 6) is 0.870. The highest BCUT2D eigenvalue weighted by molar-refractivity contribution is 7.89. The van der Waals surface area contributed by atoms with Gasteiger partial charge in [0.2, 0.25) is 0 Å². The fourth-order valence-corrected chi connectivity index (χ4v) is 3.17. The summed E-state index contributed by atoms with van der Waals surface area (Å²) >= 11 is 0. The van der Waals surface area contributed by atoms with E-state index in [4.69, 9.17) is 4.74 Å². The number of nitrogens with one attached hydrogen (secondary N) is 2. The lowest BCUT2D eigenvalue weighted by molar-refractivity contribution is 0.199. The van der Waals surface area contributed by atoms with E-state index in [9.17, 15) is 8.42 Å². The maximum Gasteiger partial charge on any atom is 0.259 e. The molecule has 0 aliphatic carbocycles. The summed E-state index contributed by atoms with van der Waals surface area (Å²) in [6.07, 6.45) is 4.65. The minimum atomic E-state index is -3.50. The Morgan fingerprint density at radius 3 is 2.86 bits per heavy atom. The van der Waals surface area contributed by atoms with Crippen LogP contribution in [0, 0.1) is 0 Å². The Morgan fingerprint density at radius 2 is 2.14 bits per heavy atom. The number of aryl methyl sites for hydroxylation is 2. The monoisotopic (exact) mass is 338 g/mol. The molecule has 0 aromatic carbocycles. The first-order valence-corrected chi connectivity index (χ1v) is 8.37. The zero-order valence-corrected chi connectivity index (χ0v) is 13.8. The van der Waals surface area contributed by atoms with Crippen molar-refractivity contribution < 1.29 is 13.2 Å². The number of fused-ring (bicyclic) bond motifs is 1. The predicted octanol–water partition coefficient (Wildman–Crippen LogP) is 0.156. The molecule has 7 nitrogen and oxygen atoms in total. The Labute approximate surface area is 131 Å². The summed E-state index contributed by atoms with van der Waals surface area (Å²) in [7, 11) is -1.87. The molecule has 2 heterocycles. The second-order valence-electron chi connectivity index (χ2n) is 4.79. The van der Waals surface area contributed by atoms with Gasteiger partial charge in [-0.2, -0.15) is 0 Å². The van der Waals surface area contributed by atoms with Crippen molar-refractivity contribution in [2.75, 3.05) is 33.4 Å². The topological polar surface area (TPSA) is 85.3 Å². The van der Waals surface area contributed by atoms with Gasteiger partial charge >= 0.3 is 0 Å². The molecule has 1 aromatic heterocycles. The first-order valence-electron chi connectivity index (χ1n) is 6.89. The Balaban J connectivity index is 0.00000220. The number of hydrogen-bond donors (Lipinski definition) is 2. The van der Waals surface area contributed by atoms with Crippen molar-refractivity contribution in [3.63, 3.8) is 0 Å². The Bertz CT molecular complexity index is 509. The van der Waals surface area contributed by atoms with Gasteiger partial charge in [-0.25, -0.2) is 18.1 Å². The number of rotatable bonds is 8. The van der Waals surface area contributed by atoms with Crippen LogP contribution >= 0.6 is 12.4 Å². The third kappa shape index (κ3) is 5.23. The second kappa shape index (κ2) is 8.70. The largest absolute Gasteiger partial charge is 0.383 e. The Morgan fingerprint density at radius 1 is 1.33 bits per heavy atom. The molecule has 122 valence electrons. The smallest absolute Gasteiger partial charge is 0.259 e. The second-order valence-corrected chi connectivity index (χ2v) is 6.50. The number of hydrogen-bond acceptors (Lipinski definition) is 5. The Hall–Kier alpha value is -0.670. The molecular formula is C12H23ClN4O3S. The third-order valence-electron chi connectivity index (χ3n) is 3.24. The number of halogens is 1. The van der Waals surface area contributed by atoms with Crippen molar-refractivity contribution in [2.45, 2.75) is 30.8 Å². The molecule has 0 spiro atoms. The van der Waals surface area contributed by atoms with Gasteiger partial charge < -0.3 is 14.6 Å². The molecule has 1 aromatic rings. The van der Waals surface area contributed by atoms with Gasteiger partial charge in [-0.1, -0.05) is 0 Å². The summed E-state index contributed by atoms with van der Waals surface area (Å²) in [6.45, 7) is 3.08. The van der Waals surface area contributed by atoms with E-state index in [0.29, 0.717) is 26.2 Å². The third-order valence-corrected chi connectivity index (χ3v) is 4.57. The van der Waals surface area contributed by atoms with Gasteiger partial charge in [0, 0.05) is 45.9 Å². The van der Waals surface area contributed by atoms with Crippen LogP contribution in [-0.4, -0.2) is 51.3 Å². The van der Waals surface area contributed by atoms with E-state index < -0.39 is 10.0 Å². The van der Waals surface area contributed by atoms with E-state index in [0.717, 1.165) is 31.6 Å². The molecule has 0 unspecified atom stereocenters. The standard InChI is InChI=1S/C12H22N4O3S.ClH/c1-19-9-7-13-5-6-14-20(17,18)12-10-16-8-3-2-4-11(16)15-12;/h10,13-14H,2-9H2,1H3;1H. The summed E-state index contributed by atoms with van der Waals surface area (Å²) in [5.41, 5.74) is 0. The Kier molecular flexibility index (Phi) is 7.61. The van der Waals surface area contributed by atoms with Crippen LogP contribution in [0.5, 0.6) is 0 Å². The molecule has 2 rings (SSSR count). The maximum absolute atomic E-state index is 12.1. The van der Waals surface area contributed by atoms with Crippen molar-refractivity contribution in [2.24, 2.45) is 0 Å². The average molecular weight is 339 g/mol. The minimum Gasteiger partial charge on any atom is -0.383 e. The molecule has 0 radical (unpaired) electrons. The van der Waals surface area contributed by atoms with Crippen molar-refractivity contribution in [3.8, 4) is 0 Å². The van der Waals surface area contributed by atoms with Crippen LogP contribution in [0.25, 0.3) is 0 Å². The van der Waals surface area contributed by atoms with E-state index in [2.05, 4.69) is 15.0 Å². The minimum absolute atomic E-state index is 0. The van der Waals surface area contributed by atoms with Crippen molar-refractivity contribution >= 4 is 22.4 Å². The van der Waals surface area contributed by atoms with Crippen LogP contribution < -0.4 is 10.0 Å². The molecule has 1 aliphatic rings. The van der Waals surface area contributed by atoms with Gasteiger partial charge in [0.15, 0.2) is 5.03 Å². The van der Waals surface area contributed by atoms with E-state index >= 15 is 0 Å². The van der Waals surface area contributed by atoms with Crippen LogP contribution in [0.4, 0.5) is 0 Å². The normalized spacial score (nSPS) is 14.5. The highest BCUT2D eigenvalue weighted by Crippen LogP contribution is 2.16. The van der Waals surface area contributed by atoms with Gasteiger partial charge in [-0.05, 0) is 12.8 Å². The average Bonchev–Trinajstić information content (AvgIpc) is 2.87. The van der Waals surface area contributed by atoms with Gasteiger partial charge in [-0.3, -0.25) is 0 Å². The summed E-state index contributed by atoms with van der Waals surface area (Å²) < 4.78 is 33.6. The van der Waals surface area contributed by atoms with Crippen molar-refractivity contribution in [1.29, 1.82) is 0 Å². The van der Waals surface area contributed by atoms with E-state index in [1.807, 2.05) is 4.57 Å². The molecule has 0 saturated carbocycles. The summed E-state index contributed by atoms with van der Waals surface area (Å²) in [6, 6.07) is 0. The highest BCUT2D eigenvalue weighted by atomic mass is 35.5. The molecule has 0 atom stereocenters. The summed E-state index contributed by atoms with van der Waals surface area (Å²) in [4.78, 5) is 4.22. The molecule has 0 fully saturated rings. The zero-order chi connectivity index (χ0) is 14.4. The lowest BCUT2D eigenvalue weighted by Crippen LogP contribution is -2.33. The lowest BCUT2D eigenvalue weighted by Gasteiger charge is -2.11. The van der Waals surface area contributed by atoms with Crippen LogP contribution in [0.2, 0.25) is 0 Å². The first kappa shape index (κ1) is 18.4. The van der Waals surface area contributed by atoms with Gasteiger partial charge in [-0.15, -0.1) is 12.4 Å². The number of sulfonamides is 1. The molecule has 0 bridgehead atoms. The quantitative estimate of drug-likeness (QED) is 0.659. The number of nitrogens with zero attached hydrogens (tertiary/aromatic N) is 2. The molecule has 9 heteroatoms. The van der Waals surface area contributed by atoms with E-state index in [1.165, 1.54) is 0 Å². The van der Waals surface area contributed by atoms with Crippen LogP contribution in [0.15, 0.2) is 11.2 Å². The molecule has 0 saturated heterocycles. The molecule has 0 amide bonds. The van der Waals surface area contributed by atoms with E-state index in [-0.39, 0.29) is 17.4 Å². The van der Waals surface area contributed by atoms with Gasteiger partial charge in [0.05, 0.1) is 6.61 Å². The number of imidazole rings is 1. The van der Waals surface area contributed by atoms with Crippen LogP contribution in [0.1, 0.15) is 18.7 Å². The van der Waals surface area contributed by atoms with Gasteiger partial charge in [0.25, 0.3) is 10.0 Å². The molecule has 2 N–H and O–H groups in total. The van der Waals surface area contributed by atoms with E-state index in [1.54, 1.807) is 13.3 Å². The van der Waals surface area contributed by atoms with Crippen molar-refractivity contribution in [1.82, 2.24) is 19.6 Å². The first-order chi connectivity index (χ1) is 9.63. The number of methoxy groups -OCH3 is 1. The van der Waals surface area contributed by atoms with Crippen LogP contribution in [0.3, 0.4) is 0 Å². The SMILES string of the molecule is COCCNCCNS(=O)(=O)c1cn2c(n1)CCCC2.Cl. The number of aromatic nitrogens is 2. The van der Waals surface area contributed by atoms with Crippen molar-refractivity contribution in [3.05, 3.63) is 12.0 Å². The molecule has 1 aliphatic heterocycles. The summed E-state index contributed by atoms with van der Waals surface area (Å²) in [5, 5.41) is 3.21. The fourth-order valence-electron chi connectivity index (χ4n) is 2.16. The molecule has 21 heavy (non-hydrogen) atoms. The number of ether oxygens (including phenoxy) is 1. The zero-order valence-electron chi connectivity index (χ0n) is 12.2. The lowest BCUT2D eigenvalue weighted by atomic mass is 10.2. The van der Waals surface area contributed by atoms with Crippen LogP contribution in [-0.2, 0) is 27.7 Å². The molecular weight excluding hydrogens is 316 g/mol. The maximum atomic E-state index is 12.1. The predicted molar refractivity (Wildman–Crippen MR) is 82.3 cm³/mol. The highest BCUT2D eigenvalue weighted by Gasteiger charge is 2.21.